The smallest absolute Gasteiger partial charge is 0.345 e. The molecule has 3 aromatic rings. The van der Waals surface area contributed by atoms with Gasteiger partial charge in [0.15, 0.2) is 5.65 Å². The molecule has 0 spiro atoms. The van der Waals surface area contributed by atoms with Crippen molar-refractivity contribution in [3.05, 3.63) is 58.0 Å². The van der Waals surface area contributed by atoms with E-state index in [1.54, 1.807) is 13.0 Å². The molecule has 0 amide bonds. The van der Waals surface area contributed by atoms with E-state index in [0.717, 1.165) is 16.8 Å². The summed E-state index contributed by atoms with van der Waals surface area (Å²) in [6.45, 7) is 3.88. The number of benzene rings is 1. The minimum absolute atomic E-state index is 0.0856. The van der Waals surface area contributed by atoms with Gasteiger partial charge in [0.25, 0.3) is 5.56 Å². The lowest BCUT2D eigenvalue weighted by Crippen LogP contribution is -2.24. The number of fused-ring (bicyclic) bond motifs is 1. The zero-order valence-corrected chi connectivity index (χ0v) is 12.3. The standard InChI is InChI=1S/C16H15N3O3/c1-3-22-16(21)12-9-17-14-8-13(18-19(14)15(12)20)11-7-5-4-6-10(11)2/h4-9,18H,3H2,1-2H3. The lowest BCUT2D eigenvalue weighted by molar-refractivity contribution is 0.0523. The third-order valence-electron chi connectivity index (χ3n) is 3.42. The Bertz CT molecular complexity index is 908. The summed E-state index contributed by atoms with van der Waals surface area (Å²) in [7, 11) is 0. The number of esters is 1. The summed E-state index contributed by atoms with van der Waals surface area (Å²) in [6.07, 6.45) is 1.26. The van der Waals surface area contributed by atoms with Gasteiger partial charge in [-0.25, -0.2) is 14.3 Å². The number of aromatic nitrogens is 3. The molecule has 0 aliphatic rings. The van der Waals surface area contributed by atoms with Gasteiger partial charge in [-0.15, -0.1) is 0 Å². The number of aromatic amines is 1. The highest BCUT2D eigenvalue weighted by molar-refractivity contribution is 5.88. The molecule has 6 nitrogen and oxygen atoms in total. The van der Waals surface area contributed by atoms with Crippen LogP contribution in [0.2, 0.25) is 0 Å². The van der Waals surface area contributed by atoms with Gasteiger partial charge in [0.05, 0.1) is 12.3 Å². The summed E-state index contributed by atoms with van der Waals surface area (Å²) in [5.41, 5.74) is 2.72. The fraction of sp³-hybridized carbons (Fsp3) is 0.188. The molecule has 3 rings (SSSR count). The van der Waals surface area contributed by atoms with Crippen LogP contribution < -0.4 is 5.56 Å². The van der Waals surface area contributed by atoms with Crippen molar-refractivity contribution >= 4 is 11.6 Å². The average molecular weight is 297 g/mol. The maximum absolute atomic E-state index is 12.4. The summed E-state index contributed by atoms with van der Waals surface area (Å²) in [5, 5.41) is 2.99. The summed E-state index contributed by atoms with van der Waals surface area (Å²) < 4.78 is 6.12. The Kier molecular flexibility index (Phi) is 3.50. The van der Waals surface area contributed by atoms with Crippen molar-refractivity contribution in [3.8, 4) is 11.3 Å². The Morgan fingerprint density at radius 3 is 2.86 bits per heavy atom. The molecule has 2 aromatic heterocycles. The number of rotatable bonds is 3. The molecule has 0 saturated heterocycles. The summed E-state index contributed by atoms with van der Waals surface area (Å²) >= 11 is 0. The van der Waals surface area contributed by atoms with E-state index in [9.17, 15) is 9.59 Å². The summed E-state index contributed by atoms with van der Waals surface area (Å²) in [5.74, 6) is -0.665. The van der Waals surface area contributed by atoms with Gasteiger partial charge in [-0.1, -0.05) is 24.3 Å². The molecule has 0 fully saturated rings. The van der Waals surface area contributed by atoms with E-state index in [2.05, 4.69) is 10.1 Å². The monoisotopic (exact) mass is 297 g/mol. The van der Waals surface area contributed by atoms with Gasteiger partial charge >= 0.3 is 5.97 Å². The fourth-order valence-corrected chi connectivity index (χ4v) is 2.32. The molecular weight excluding hydrogens is 282 g/mol. The maximum atomic E-state index is 12.4. The molecule has 0 unspecified atom stereocenters. The Morgan fingerprint density at radius 1 is 1.36 bits per heavy atom. The van der Waals surface area contributed by atoms with Crippen LogP contribution in [-0.2, 0) is 4.74 Å². The second-order valence-electron chi connectivity index (χ2n) is 4.88. The van der Waals surface area contributed by atoms with Crippen LogP contribution in [0.5, 0.6) is 0 Å². The van der Waals surface area contributed by atoms with Crippen molar-refractivity contribution in [3.63, 3.8) is 0 Å². The summed E-state index contributed by atoms with van der Waals surface area (Å²) in [4.78, 5) is 28.3. The van der Waals surface area contributed by atoms with Gasteiger partial charge < -0.3 is 4.74 Å². The number of hydrogen-bond acceptors (Lipinski definition) is 4. The normalized spacial score (nSPS) is 10.8. The predicted molar refractivity (Wildman–Crippen MR) is 81.9 cm³/mol. The fourth-order valence-electron chi connectivity index (χ4n) is 2.32. The van der Waals surface area contributed by atoms with Gasteiger partial charge in [-0.05, 0) is 19.4 Å². The highest BCUT2D eigenvalue weighted by Gasteiger charge is 2.16. The van der Waals surface area contributed by atoms with Crippen molar-refractivity contribution in [1.82, 2.24) is 14.6 Å². The van der Waals surface area contributed by atoms with Crippen molar-refractivity contribution in [2.24, 2.45) is 0 Å². The van der Waals surface area contributed by atoms with Gasteiger partial charge in [-0.2, -0.15) is 0 Å². The number of nitrogens with zero attached hydrogens (tertiary/aromatic N) is 2. The Labute approximate surface area is 126 Å². The number of nitrogens with one attached hydrogen (secondary N) is 1. The van der Waals surface area contributed by atoms with Crippen molar-refractivity contribution in [1.29, 1.82) is 0 Å². The second-order valence-corrected chi connectivity index (χ2v) is 4.88. The van der Waals surface area contributed by atoms with Crippen LogP contribution >= 0.6 is 0 Å². The molecule has 0 atom stereocenters. The van der Waals surface area contributed by atoms with Gasteiger partial charge in [0.1, 0.15) is 5.56 Å². The van der Waals surface area contributed by atoms with Crippen LogP contribution in [0, 0.1) is 6.92 Å². The van der Waals surface area contributed by atoms with Gasteiger partial charge in [0, 0.05) is 17.8 Å². The van der Waals surface area contributed by atoms with Crippen LogP contribution in [0.3, 0.4) is 0 Å². The Hall–Kier alpha value is -2.89. The van der Waals surface area contributed by atoms with Crippen molar-refractivity contribution < 1.29 is 9.53 Å². The quantitative estimate of drug-likeness (QED) is 0.752. The number of H-pyrrole nitrogens is 1. The number of hydrogen-bond donors (Lipinski definition) is 1. The highest BCUT2D eigenvalue weighted by atomic mass is 16.5. The summed E-state index contributed by atoms with van der Waals surface area (Å²) in [6, 6.07) is 9.59. The highest BCUT2D eigenvalue weighted by Crippen LogP contribution is 2.21. The number of carbonyl (C=O) groups is 1. The minimum Gasteiger partial charge on any atom is -0.462 e. The minimum atomic E-state index is -0.665. The average Bonchev–Trinajstić information content (AvgIpc) is 2.93. The van der Waals surface area contributed by atoms with Crippen molar-refractivity contribution in [2.45, 2.75) is 13.8 Å². The molecule has 2 heterocycles. The molecule has 1 N–H and O–H groups in total. The molecule has 1 aromatic carbocycles. The van der Waals surface area contributed by atoms with E-state index in [0.29, 0.717) is 5.65 Å². The molecule has 0 saturated carbocycles. The van der Waals surface area contributed by atoms with Gasteiger partial charge in [0.2, 0.25) is 0 Å². The van der Waals surface area contributed by atoms with E-state index in [4.69, 9.17) is 4.74 Å². The molecule has 0 radical (unpaired) electrons. The predicted octanol–water partition coefficient (Wildman–Crippen LogP) is 2.17. The first-order chi connectivity index (χ1) is 10.6. The maximum Gasteiger partial charge on any atom is 0.345 e. The number of ether oxygens (including phenoxy) is 1. The SMILES string of the molecule is CCOC(=O)c1cnc2cc(-c3ccccc3C)[nH]n2c1=O. The van der Waals surface area contributed by atoms with Crippen LogP contribution in [0.15, 0.2) is 41.3 Å². The Morgan fingerprint density at radius 2 is 2.14 bits per heavy atom. The molecule has 22 heavy (non-hydrogen) atoms. The molecule has 6 heteroatoms. The topological polar surface area (TPSA) is 76.5 Å². The molecule has 0 aliphatic heterocycles. The number of aryl methyl sites for hydroxylation is 1. The first-order valence-corrected chi connectivity index (χ1v) is 6.95. The molecule has 0 bridgehead atoms. The largest absolute Gasteiger partial charge is 0.462 e. The van der Waals surface area contributed by atoms with E-state index in [-0.39, 0.29) is 12.2 Å². The third kappa shape index (κ3) is 2.28. The Balaban J connectivity index is 2.15. The lowest BCUT2D eigenvalue weighted by Gasteiger charge is -2.02. The molecule has 0 aliphatic carbocycles. The van der Waals surface area contributed by atoms with Crippen molar-refractivity contribution in [2.75, 3.05) is 6.61 Å². The molecular formula is C16H15N3O3. The van der Waals surface area contributed by atoms with E-state index in [1.807, 2.05) is 31.2 Å². The van der Waals surface area contributed by atoms with Crippen LogP contribution in [-0.4, -0.2) is 27.2 Å². The first-order valence-electron chi connectivity index (χ1n) is 6.95. The second kappa shape index (κ2) is 5.48. The van der Waals surface area contributed by atoms with E-state index >= 15 is 0 Å². The van der Waals surface area contributed by atoms with Crippen LogP contribution in [0.4, 0.5) is 0 Å². The van der Waals surface area contributed by atoms with Gasteiger partial charge in [-0.3, -0.25) is 9.89 Å². The number of carbonyl (C=O) groups excluding carboxylic acids is 1. The van der Waals surface area contributed by atoms with Crippen LogP contribution in [0.1, 0.15) is 22.8 Å². The third-order valence-corrected chi connectivity index (χ3v) is 3.42. The van der Waals surface area contributed by atoms with E-state index < -0.39 is 11.5 Å². The zero-order valence-electron chi connectivity index (χ0n) is 12.3. The van der Waals surface area contributed by atoms with Crippen LogP contribution in [0.25, 0.3) is 16.9 Å². The lowest BCUT2D eigenvalue weighted by atomic mass is 10.1. The zero-order chi connectivity index (χ0) is 15.7. The first kappa shape index (κ1) is 14.1. The van der Waals surface area contributed by atoms with E-state index in [1.165, 1.54) is 10.7 Å². The molecule has 112 valence electrons.